The van der Waals surface area contributed by atoms with Crippen molar-refractivity contribution >= 4 is 46.0 Å². The van der Waals surface area contributed by atoms with Gasteiger partial charge in [-0.05, 0) is 30.0 Å². The van der Waals surface area contributed by atoms with Crippen LogP contribution in [0.3, 0.4) is 0 Å². The maximum Gasteiger partial charge on any atom is 0.277 e. The summed E-state index contributed by atoms with van der Waals surface area (Å²) in [5, 5.41) is 7.37. The molecule has 1 aliphatic heterocycles. The molecule has 0 radical (unpaired) electrons. The van der Waals surface area contributed by atoms with Gasteiger partial charge in [0.25, 0.3) is 5.91 Å². The fourth-order valence-corrected chi connectivity index (χ4v) is 5.35. The smallest absolute Gasteiger partial charge is 0.277 e. The second-order valence-electron chi connectivity index (χ2n) is 5.69. The highest BCUT2D eigenvalue weighted by Crippen LogP contribution is 2.38. The highest BCUT2D eigenvalue weighted by Gasteiger charge is 2.26. The van der Waals surface area contributed by atoms with E-state index in [2.05, 4.69) is 23.4 Å². The second kappa shape index (κ2) is 6.70. The lowest BCUT2D eigenvalue weighted by atomic mass is 10.2. The monoisotopic (exact) mass is 372 g/mol. The van der Waals surface area contributed by atoms with E-state index >= 15 is 0 Å². The van der Waals surface area contributed by atoms with Gasteiger partial charge in [-0.15, -0.1) is 23.1 Å². The third-order valence-electron chi connectivity index (χ3n) is 3.98. The van der Waals surface area contributed by atoms with E-state index < -0.39 is 0 Å². The third-order valence-corrected chi connectivity index (χ3v) is 6.79. The van der Waals surface area contributed by atoms with Crippen molar-refractivity contribution in [1.29, 1.82) is 0 Å². The molecule has 1 unspecified atom stereocenters. The van der Waals surface area contributed by atoms with Gasteiger partial charge in [-0.3, -0.25) is 4.79 Å². The summed E-state index contributed by atoms with van der Waals surface area (Å²) in [6, 6.07) is 10.2. The van der Waals surface area contributed by atoms with Gasteiger partial charge >= 0.3 is 0 Å². The van der Waals surface area contributed by atoms with Crippen LogP contribution in [0.1, 0.15) is 23.8 Å². The SMILES string of the molecule is CC1CCN(C(=O)c2csc(-c3ccsc3)n2)c2ccccc2S1. The zero-order valence-corrected chi connectivity index (χ0v) is 15.6. The standard InChI is InChI=1S/C18H16N2OS3/c1-12-6-8-20(15-4-2-3-5-16(15)24-12)18(21)14-11-23-17(19-14)13-7-9-22-10-13/h2-5,7,9-12H,6,8H2,1H3. The van der Waals surface area contributed by atoms with Crippen molar-refractivity contribution in [3.05, 3.63) is 52.2 Å². The molecule has 0 aliphatic carbocycles. The molecule has 1 amide bonds. The number of carbonyl (C=O) groups excluding carboxylic acids is 1. The first kappa shape index (κ1) is 15.9. The average Bonchev–Trinajstić information content (AvgIpc) is 3.24. The Labute approximate surface area is 153 Å². The summed E-state index contributed by atoms with van der Waals surface area (Å²) in [5.74, 6) is -0.00474. The van der Waals surface area contributed by atoms with Crippen LogP contribution in [0.15, 0.2) is 51.4 Å². The number of amides is 1. The Hall–Kier alpha value is -1.63. The molecule has 3 aromatic rings. The van der Waals surface area contributed by atoms with Gasteiger partial charge < -0.3 is 4.90 Å². The number of rotatable bonds is 2. The van der Waals surface area contributed by atoms with E-state index in [0.29, 0.717) is 10.9 Å². The number of hydrogen-bond donors (Lipinski definition) is 0. The Morgan fingerprint density at radius 3 is 2.96 bits per heavy atom. The number of aromatic nitrogens is 1. The predicted molar refractivity (Wildman–Crippen MR) is 103 cm³/mol. The molecular weight excluding hydrogens is 356 g/mol. The lowest BCUT2D eigenvalue weighted by Gasteiger charge is -2.21. The molecule has 1 atom stereocenters. The van der Waals surface area contributed by atoms with Crippen molar-refractivity contribution in [3.8, 4) is 10.6 Å². The molecule has 6 heteroatoms. The number of fused-ring (bicyclic) bond motifs is 1. The maximum atomic E-state index is 13.1. The Balaban J connectivity index is 1.67. The molecule has 0 bridgehead atoms. The maximum absolute atomic E-state index is 13.1. The van der Waals surface area contributed by atoms with Crippen molar-refractivity contribution in [2.75, 3.05) is 11.4 Å². The normalized spacial score (nSPS) is 17.4. The van der Waals surface area contributed by atoms with E-state index in [1.165, 1.54) is 16.2 Å². The quantitative estimate of drug-likeness (QED) is 0.603. The molecule has 0 saturated carbocycles. The van der Waals surface area contributed by atoms with Gasteiger partial charge in [0.2, 0.25) is 0 Å². The molecule has 122 valence electrons. The first-order valence-electron chi connectivity index (χ1n) is 7.78. The number of nitrogens with zero attached hydrogens (tertiary/aromatic N) is 2. The van der Waals surface area contributed by atoms with Gasteiger partial charge in [-0.2, -0.15) is 11.3 Å². The molecule has 0 N–H and O–H groups in total. The zero-order chi connectivity index (χ0) is 16.5. The van der Waals surface area contributed by atoms with Crippen LogP contribution in [0.5, 0.6) is 0 Å². The number of anilines is 1. The summed E-state index contributed by atoms with van der Waals surface area (Å²) in [6.45, 7) is 2.95. The van der Waals surface area contributed by atoms with Gasteiger partial charge in [0.1, 0.15) is 10.7 Å². The van der Waals surface area contributed by atoms with Crippen LogP contribution in [0.25, 0.3) is 10.6 Å². The zero-order valence-electron chi connectivity index (χ0n) is 13.1. The van der Waals surface area contributed by atoms with E-state index in [-0.39, 0.29) is 5.91 Å². The molecule has 1 aromatic carbocycles. The van der Waals surface area contributed by atoms with Crippen molar-refractivity contribution in [1.82, 2.24) is 4.98 Å². The minimum Gasteiger partial charge on any atom is -0.306 e. The lowest BCUT2D eigenvalue weighted by Crippen LogP contribution is -2.32. The summed E-state index contributed by atoms with van der Waals surface area (Å²) in [7, 11) is 0. The predicted octanol–water partition coefficient (Wildman–Crippen LogP) is 5.40. The minimum atomic E-state index is -0.00474. The van der Waals surface area contributed by atoms with Crippen LogP contribution in [0.2, 0.25) is 0 Å². The van der Waals surface area contributed by atoms with Gasteiger partial charge in [0, 0.05) is 33.0 Å². The Morgan fingerprint density at radius 1 is 1.25 bits per heavy atom. The van der Waals surface area contributed by atoms with E-state index in [1.807, 2.05) is 51.7 Å². The Kier molecular flexibility index (Phi) is 4.43. The van der Waals surface area contributed by atoms with Crippen LogP contribution < -0.4 is 4.90 Å². The largest absolute Gasteiger partial charge is 0.306 e. The Morgan fingerprint density at radius 2 is 2.12 bits per heavy atom. The molecule has 4 rings (SSSR count). The molecule has 3 heterocycles. The molecule has 0 saturated heterocycles. The highest BCUT2D eigenvalue weighted by atomic mass is 32.2. The van der Waals surface area contributed by atoms with Crippen molar-refractivity contribution in [2.24, 2.45) is 0 Å². The molecule has 1 aliphatic rings. The number of para-hydroxylation sites is 1. The third kappa shape index (κ3) is 3.01. The first-order chi connectivity index (χ1) is 11.7. The molecule has 0 spiro atoms. The number of thiophene rings is 1. The van der Waals surface area contributed by atoms with E-state index in [4.69, 9.17) is 0 Å². The van der Waals surface area contributed by atoms with Crippen LogP contribution in [-0.4, -0.2) is 22.7 Å². The summed E-state index contributed by atoms with van der Waals surface area (Å²) in [6.07, 6.45) is 0.979. The highest BCUT2D eigenvalue weighted by molar-refractivity contribution is 8.00. The number of hydrogen-bond acceptors (Lipinski definition) is 5. The molecular formula is C18H16N2OS3. The molecule has 3 nitrogen and oxygen atoms in total. The van der Waals surface area contributed by atoms with Gasteiger partial charge in [-0.1, -0.05) is 19.1 Å². The Bertz CT molecular complexity index is 857. The van der Waals surface area contributed by atoms with Crippen LogP contribution in [0, 0.1) is 0 Å². The average molecular weight is 373 g/mol. The van der Waals surface area contributed by atoms with Crippen molar-refractivity contribution < 1.29 is 4.79 Å². The van der Waals surface area contributed by atoms with E-state index in [1.54, 1.807) is 11.3 Å². The summed E-state index contributed by atoms with van der Waals surface area (Å²) in [5.41, 5.74) is 2.63. The minimum absolute atomic E-state index is 0.00474. The second-order valence-corrected chi connectivity index (χ2v) is 8.81. The van der Waals surface area contributed by atoms with Crippen LogP contribution >= 0.6 is 34.4 Å². The van der Waals surface area contributed by atoms with Crippen LogP contribution in [-0.2, 0) is 0 Å². The fraction of sp³-hybridized carbons (Fsp3) is 0.222. The first-order valence-corrected chi connectivity index (χ1v) is 10.5. The fourth-order valence-electron chi connectivity index (χ4n) is 2.73. The number of thioether (sulfide) groups is 1. The summed E-state index contributed by atoms with van der Waals surface area (Å²) >= 11 is 5.01. The topological polar surface area (TPSA) is 33.2 Å². The number of thiazole rings is 1. The van der Waals surface area contributed by atoms with Crippen molar-refractivity contribution in [3.63, 3.8) is 0 Å². The number of benzene rings is 1. The van der Waals surface area contributed by atoms with Crippen LogP contribution in [0.4, 0.5) is 5.69 Å². The summed E-state index contributed by atoms with van der Waals surface area (Å²) < 4.78 is 0. The molecule has 2 aromatic heterocycles. The number of carbonyl (C=O) groups is 1. The van der Waals surface area contributed by atoms with Crippen molar-refractivity contribution in [2.45, 2.75) is 23.5 Å². The van der Waals surface area contributed by atoms with E-state index in [9.17, 15) is 4.79 Å². The lowest BCUT2D eigenvalue weighted by molar-refractivity contribution is 0.0982. The van der Waals surface area contributed by atoms with Gasteiger partial charge in [0.05, 0.1) is 5.69 Å². The summed E-state index contributed by atoms with van der Waals surface area (Å²) in [4.78, 5) is 20.7. The van der Waals surface area contributed by atoms with E-state index in [0.717, 1.165) is 29.2 Å². The van der Waals surface area contributed by atoms with Gasteiger partial charge in [-0.25, -0.2) is 4.98 Å². The van der Waals surface area contributed by atoms with Gasteiger partial charge in [0.15, 0.2) is 0 Å². The molecule has 0 fully saturated rings. The molecule has 24 heavy (non-hydrogen) atoms.